The third-order valence-corrected chi connectivity index (χ3v) is 5.94. The first-order valence-corrected chi connectivity index (χ1v) is 10.4. The zero-order valence-corrected chi connectivity index (χ0v) is 17.1. The van der Waals surface area contributed by atoms with Gasteiger partial charge >= 0.3 is 5.97 Å². The molecule has 156 valence electrons. The Balaban J connectivity index is 1.71. The first-order chi connectivity index (χ1) is 14.3. The van der Waals surface area contributed by atoms with E-state index in [1.54, 1.807) is 31.2 Å². The smallest absolute Gasteiger partial charge is 0.339 e. The largest absolute Gasteiger partial charge is 0.462 e. The monoisotopic (exact) mass is 430 g/mol. The maximum Gasteiger partial charge on any atom is 0.339 e. The van der Waals surface area contributed by atoms with Crippen LogP contribution in [0, 0.1) is 5.82 Å². The van der Waals surface area contributed by atoms with Crippen LogP contribution in [0.5, 0.6) is 11.6 Å². The van der Waals surface area contributed by atoms with Crippen molar-refractivity contribution in [3.8, 4) is 11.6 Å². The molecule has 0 aliphatic heterocycles. The van der Waals surface area contributed by atoms with E-state index in [2.05, 4.69) is 4.98 Å². The van der Waals surface area contributed by atoms with Crippen molar-refractivity contribution in [2.24, 2.45) is 0 Å². The van der Waals surface area contributed by atoms with Gasteiger partial charge in [0.25, 0.3) is 10.0 Å². The highest BCUT2D eigenvalue weighted by molar-refractivity contribution is 7.92. The molecule has 0 bridgehead atoms. The molecule has 0 atom stereocenters. The average molecular weight is 430 g/mol. The summed E-state index contributed by atoms with van der Waals surface area (Å²) >= 11 is 0. The fraction of sp³-hybridized carbons (Fsp3) is 0.143. The van der Waals surface area contributed by atoms with Gasteiger partial charge in [0.2, 0.25) is 5.88 Å². The Kier molecular flexibility index (Phi) is 6.31. The van der Waals surface area contributed by atoms with Crippen molar-refractivity contribution in [1.82, 2.24) is 4.98 Å². The molecule has 7 nitrogen and oxygen atoms in total. The predicted octanol–water partition coefficient (Wildman–Crippen LogP) is 4.01. The molecule has 0 spiro atoms. The summed E-state index contributed by atoms with van der Waals surface area (Å²) in [5.74, 6) is -0.279. The quantitative estimate of drug-likeness (QED) is 0.527. The summed E-state index contributed by atoms with van der Waals surface area (Å²) in [6, 6.07) is 14.0. The van der Waals surface area contributed by atoms with Gasteiger partial charge in [0, 0.05) is 19.3 Å². The lowest BCUT2D eigenvalue weighted by Crippen LogP contribution is -2.26. The van der Waals surface area contributed by atoms with Crippen LogP contribution in [0.25, 0.3) is 0 Å². The highest BCUT2D eigenvalue weighted by Gasteiger charge is 2.21. The number of aromatic nitrogens is 1. The van der Waals surface area contributed by atoms with Crippen LogP contribution in [-0.2, 0) is 14.8 Å². The Bertz CT molecular complexity index is 1120. The van der Waals surface area contributed by atoms with Crippen LogP contribution in [0.15, 0.2) is 71.8 Å². The Morgan fingerprint density at radius 2 is 1.70 bits per heavy atom. The van der Waals surface area contributed by atoms with E-state index < -0.39 is 21.8 Å². The molecule has 0 unspecified atom stereocenters. The predicted molar refractivity (Wildman–Crippen MR) is 109 cm³/mol. The molecule has 0 radical (unpaired) electrons. The number of carbonyl (C=O) groups excluding carboxylic acids is 1. The molecule has 9 heteroatoms. The number of esters is 1. The number of benzene rings is 2. The van der Waals surface area contributed by atoms with Crippen LogP contribution in [0.3, 0.4) is 0 Å². The summed E-state index contributed by atoms with van der Waals surface area (Å²) in [6.45, 7) is 1.99. The summed E-state index contributed by atoms with van der Waals surface area (Å²) in [5, 5.41) is 0. The van der Waals surface area contributed by atoms with Gasteiger partial charge in [0.15, 0.2) is 0 Å². The molecular weight excluding hydrogens is 411 g/mol. The maximum atomic E-state index is 13.1. The van der Waals surface area contributed by atoms with E-state index in [0.29, 0.717) is 17.0 Å². The van der Waals surface area contributed by atoms with Crippen LogP contribution in [0.2, 0.25) is 0 Å². The van der Waals surface area contributed by atoms with Crippen molar-refractivity contribution in [1.29, 1.82) is 0 Å². The molecule has 0 aliphatic carbocycles. The lowest BCUT2D eigenvalue weighted by atomic mass is 10.3. The van der Waals surface area contributed by atoms with Crippen molar-refractivity contribution in [2.75, 3.05) is 18.0 Å². The van der Waals surface area contributed by atoms with Crippen LogP contribution < -0.4 is 9.04 Å². The number of hydrogen-bond donors (Lipinski definition) is 0. The highest BCUT2D eigenvalue weighted by atomic mass is 32.2. The zero-order chi connectivity index (χ0) is 21.7. The number of carbonyl (C=O) groups is 1. The van der Waals surface area contributed by atoms with Crippen molar-refractivity contribution >= 4 is 21.7 Å². The van der Waals surface area contributed by atoms with Crippen LogP contribution >= 0.6 is 0 Å². The second-order valence-electron chi connectivity index (χ2n) is 6.13. The number of halogens is 1. The van der Waals surface area contributed by atoms with Crippen LogP contribution in [0.1, 0.15) is 17.3 Å². The molecule has 0 N–H and O–H groups in total. The van der Waals surface area contributed by atoms with Crippen molar-refractivity contribution in [3.05, 3.63) is 78.2 Å². The third-order valence-electron chi connectivity index (χ3n) is 4.14. The number of ether oxygens (including phenoxy) is 2. The first-order valence-electron chi connectivity index (χ1n) is 8.97. The van der Waals surface area contributed by atoms with Crippen LogP contribution in [0.4, 0.5) is 10.1 Å². The summed E-state index contributed by atoms with van der Waals surface area (Å²) in [7, 11) is -2.42. The molecule has 1 aromatic heterocycles. The number of pyridine rings is 1. The lowest BCUT2D eigenvalue weighted by molar-refractivity contribution is 0.0526. The van der Waals surface area contributed by atoms with E-state index in [0.717, 1.165) is 16.4 Å². The Labute approximate surface area is 173 Å². The second kappa shape index (κ2) is 8.91. The van der Waals surface area contributed by atoms with E-state index in [1.165, 1.54) is 37.5 Å². The third kappa shape index (κ3) is 4.74. The second-order valence-corrected chi connectivity index (χ2v) is 8.10. The SMILES string of the molecule is CCOC(=O)c1ccc(Oc2ccc(N(C)S(=O)(=O)c3ccc(F)cc3)cc2)nc1. The molecule has 1 heterocycles. The fourth-order valence-electron chi connectivity index (χ4n) is 2.52. The number of nitrogens with zero attached hydrogens (tertiary/aromatic N) is 2. The molecule has 3 aromatic rings. The van der Waals surface area contributed by atoms with Gasteiger partial charge in [0.1, 0.15) is 11.6 Å². The Morgan fingerprint density at radius 3 is 2.27 bits per heavy atom. The minimum absolute atomic E-state index is 0.0161. The van der Waals surface area contributed by atoms with E-state index in [4.69, 9.17) is 9.47 Å². The topological polar surface area (TPSA) is 85.8 Å². The Hall–Kier alpha value is -3.46. The number of anilines is 1. The molecule has 0 saturated heterocycles. The van der Waals surface area contributed by atoms with E-state index in [1.807, 2.05) is 0 Å². The molecule has 2 aromatic carbocycles. The van der Waals surface area contributed by atoms with Gasteiger partial charge in [-0.25, -0.2) is 22.6 Å². The van der Waals surface area contributed by atoms with Gasteiger partial charge in [-0.1, -0.05) is 0 Å². The molecular formula is C21H19FN2O5S. The number of rotatable bonds is 7. The lowest BCUT2D eigenvalue weighted by Gasteiger charge is -2.19. The molecule has 30 heavy (non-hydrogen) atoms. The molecule has 0 saturated carbocycles. The fourth-order valence-corrected chi connectivity index (χ4v) is 3.72. The summed E-state index contributed by atoms with van der Waals surface area (Å²) in [5.41, 5.74) is 0.712. The Morgan fingerprint density at radius 1 is 1.03 bits per heavy atom. The summed E-state index contributed by atoms with van der Waals surface area (Å²) < 4.78 is 50.0. The first kappa shape index (κ1) is 21.3. The van der Waals surface area contributed by atoms with Crippen molar-refractivity contribution in [2.45, 2.75) is 11.8 Å². The van der Waals surface area contributed by atoms with E-state index >= 15 is 0 Å². The summed E-state index contributed by atoms with van der Waals surface area (Å²) in [4.78, 5) is 15.7. The van der Waals surface area contributed by atoms with E-state index in [9.17, 15) is 17.6 Å². The molecule has 0 amide bonds. The molecule has 3 rings (SSSR count). The van der Waals surface area contributed by atoms with Gasteiger partial charge in [-0.15, -0.1) is 0 Å². The minimum Gasteiger partial charge on any atom is -0.462 e. The minimum atomic E-state index is -3.83. The molecule has 0 fully saturated rings. The van der Waals surface area contributed by atoms with Gasteiger partial charge in [0.05, 0.1) is 22.8 Å². The zero-order valence-electron chi connectivity index (χ0n) is 16.3. The molecule has 0 aliphatic rings. The van der Waals surface area contributed by atoms with Gasteiger partial charge in [-0.05, 0) is 61.5 Å². The normalized spacial score (nSPS) is 11.0. The highest BCUT2D eigenvalue weighted by Crippen LogP contribution is 2.26. The van der Waals surface area contributed by atoms with Gasteiger partial charge in [-0.3, -0.25) is 4.31 Å². The van der Waals surface area contributed by atoms with E-state index in [-0.39, 0.29) is 17.4 Å². The number of sulfonamides is 1. The number of hydrogen-bond acceptors (Lipinski definition) is 6. The van der Waals surface area contributed by atoms with Crippen molar-refractivity contribution in [3.63, 3.8) is 0 Å². The standard InChI is InChI=1S/C21H19FN2O5S/c1-3-28-21(25)15-4-13-20(23-14-15)29-18-9-7-17(8-10-18)24(2)30(26,27)19-11-5-16(22)6-12-19/h4-14H,3H2,1-2H3. The average Bonchev–Trinajstić information content (AvgIpc) is 2.75. The summed E-state index contributed by atoms with van der Waals surface area (Å²) in [6.07, 6.45) is 1.35. The van der Waals surface area contributed by atoms with Crippen molar-refractivity contribution < 1.29 is 27.1 Å². The van der Waals surface area contributed by atoms with Gasteiger partial charge in [-0.2, -0.15) is 0 Å². The van der Waals surface area contributed by atoms with Crippen LogP contribution in [-0.4, -0.2) is 33.0 Å². The van der Waals surface area contributed by atoms with Gasteiger partial charge < -0.3 is 9.47 Å². The maximum absolute atomic E-state index is 13.1.